The number of nitrogens with zero attached hydrogens (tertiary/aromatic N) is 2. The number of benzene rings is 1. The molecule has 0 unspecified atom stereocenters. The van der Waals surface area contributed by atoms with E-state index in [1.807, 2.05) is 12.1 Å². The van der Waals surface area contributed by atoms with Gasteiger partial charge in [-0.3, -0.25) is 0 Å². The largest absolute Gasteiger partial charge is 0.485 e. The van der Waals surface area contributed by atoms with E-state index in [2.05, 4.69) is 27.0 Å². The molecule has 0 spiro atoms. The molecule has 1 heterocycles. The van der Waals surface area contributed by atoms with Gasteiger partial charge < -0.3 is 10.5 Å². The summed E-state index contributed by atoms with van der Waals surface area (Å²) in [6.45, 7) is 0.383. The van der Waals surface area contributed by atoms with Crippen LogP contribution in [0.1, 0.15) is 11.1 Å². The van der Waals surface area contributed by atoms with Gasteiger partial charge in [-0.05, 0) is 39.7 Å². The number of pyridine rings is 1. The van der Waals surface area contributed by atoms with E-state index in [1.165, 1.54) is 0 Å². The van der Waals surface area contributed by atoms with Crippen LogP contribution in [0.25, 0.3) is 0 Å². The summed E-state index contributed by atoms with van der Waals surface area (Å²) >= 11 is 3.31. The lowest BCUT2D eigenvalue weighted by molar-refractivity contribution is 0.307. The van der Waals surface area contributed by atoms with E-state index in [9.17, 15) is 0 Å². The summed E-state index contributed by atoms with van der Waals surface area (Å²) in [6, 6.07) is 11.0. The third-order valence-electron chi connectivity index (χ3n) is 2.33. The second-order valence-electron chi connectivity index (χ2n) is 3.63. The summed E-state index contributed by atoms with van der Waals surface area (Å²) in [4.78, 5) is 3.98. The minimum absolute atomic E-state index is 0.354. The van der Waals surface area contributed by atoms with Gasteiger partial charge in [-0.2, -0.15) is 5.26 Å². The Labute approximate surface area is 113 Å². The van der Waals surface area contributed by atoms with Gasteiger partial charge >= 0.3 is 0 Å². The standard InChI is InChI=1S/C13H10BrN3O/c14-11-5-12(13(16)17-7-11)18-8-10-3-1-9(6-15)2-4-10/h1-5,7H,8H2,(H2,16,17). The third kappa shape index (κ3) is 2.99. The van der Waals surface area contributed by atoms with E-state index >= 15 is 0 Å². The SMILES string of the molecule is N#Cc1ccc(COc2cc(Br)cnc2N)cc1. The molecule has 2 N–H and O–H groups in total. The van der Waals surface area contributed by atoms with Gasteiger partial charge in [-0.25, -0.2) is 4.98 Å². The molecule has 0 saturated heterocycles. The topological polar surface area (TPSA) is 71.9 Å². The van der Waals surface area contributed by atoms with Crippen LogP contribution < -0.4 is 10.5 Å². The summed E-state index contributed by atoms with van der Waals surface area (Å²) in [7, 11) is 0. The summed E-state index contributed by atoms with van der Waals surface area (Å²) in [6.07, 6.45) is 1.61. The first kappa shape index (κ1) is 12.4. The summed E-state index contributed by atoms with van der Waals surface area (Å²) in [5.41, 5.74) is 7.29. The molecule has 0 saturated carbocycles. The molecule has 18 heavy (non-hydrogen) atoms. The van der Waals surface area contributed by atoms with E-state index in [0.29, 0.717) is 23.7 Å². The fourth-order valence-corrected chi connectivity index (χ4v) is 1.69. The number of nitrogen functional groups attached to an aromatic ring is 1. The lowest BCUT2D eigenvalue weighted by Gasteiger charge is -2.08. The average molecular weight is 304 g/mol. The second-order valence-corrected chi connectivity index (χ2v) is 4.55. The van der Waals surface area contributed by atoms with Crippen LogP contribution in [-0.4, -0.2) is 4.98 Å². The summed E-state index contributed by atoms with van der Waals surface area (Å²) in [5, 5.41) is 8.69. The maximum absolute atomic E-state index is 8.69. The molecule has 0 aliphatic heterocycles. The fraction of sp³-hybridized carbons (Fsp3) is 0.0769. The van der Waals surface area contributed by atoms with Crippen molar-refractivity contribution in [2.24, 2.45) is 0 Å². The zero-order chi connectivity index (χ0) is 13.0. The third-order valence-corrected chi connectivity index (χ3v) is 2.76. The highest BCUT2D eigenvalue weighted by Gasteiger charge is 2.03. The molecular weight excluding hydrogens is 294 g/mol. The Kier molecular flexibility index (Phi) is 3.80. The normalized spacial score (nSPS) is 9.78. The Balaban J connectivity index is 2.07. The van der Waals surface area contributed by atoms with Crippen LogP contribution in [-0.2, 0) is 6.61 Å². The first-order valence-electron chi connectivity index (χ1n) is 5.22. The van der Waals surface area contributed by atoms with Crippen LogP contribution in [0.4, 0.5) is 5.82 Å². The lowest BCUT2D eigenvalue weighted by atomic mass is 10.2. The molecule has 4 nitrogen and oxygen atoms in total. The number of aromatic nitrogens is 1. The van der Waals surface area contributed by atoms with Gasteiger partial charge in [0, 0.05) is 10.7 Å². The molecule has 0 aliphatic rings. The number of halogens is 1. The van der Waals surface area contributed by atoms with Crippen LogP contribution >= 0.6 is 15.9 Å². The minimum atomic E-state index is 0.354. The van der Waals surface area contributed by atoms with Gasteiger partial charge in [-0.1, -0.05) is 12.1 Å². The Bertz CT molecular complexity index is 590. The Morgan fingerprint density at radius 3 is 2.72 bits per heavy atom. The van der Waals surface area contributed by atoms with Crippen molar-refractivity contribution in [1.29, 1.82) is 5.26 Å². The van der Waals surface area contributed by atoms with Crippen molar-refractivity contribution >= 4 is 21.7 Å². The molecule has 5 heteroatoms. The highest BCUT2D eigenvalue weighted by molar-refractivity contribution is 9.10. The van der Waals surface area contributed by atoms with E-state index in [4.69, 9.17) is 15.7 Å². The van der Waals surface area contributed by atoms with Gasteiger partial charge in [0.05, 0.1) is 11.6 Å². The highest BCUT2D eigenvalue weighted by atomic mass is 79.9. The van der Waals surface area contributed by atoms with Gasteiger partial charge in [0.25, 0.3) is 0 Å². The number of nitriles is 1. The van der Waals surface area contributed by atoms with Crippen molar-refractivity contribution in [3.05, 3.63) is 52.1 Å². The number of anilines is 1. The van der Waals surface area contributed by atoms with E-state index in [1.54, 1.807) is 24.4 Å². The predicted octanol–water partition coefficient (Wildman–Crippen LogP) is 2.88. The predicted molar refractivity (Wildman–Crippen MR) is 71.8 cm³/mol. The molecule has 0 fully saturated rings. The summed E-state index contributed by atoms with van der Waals surface area (Å²) in [5.74, 6) is 0.889. The van der Waals surface area contributed by atoms with Crippen molar-refractivity contribution < 1.29 is 4.74 Å². The van der Waals surface area contributed by atoms with E-state index in [0.717, 1.165) is 10.0 Å². The molecule has 0 bridgehead atoms. The molecule has 2 aromatic rings. The summed E-state index contributed by atoms with van der Waals surface area (Å²) < 4.78 is 6.39. The van der Waals surface area contributed by atoms with Crippen LogP contribution in [0, 0.1) is 11.3 Å². The first-order chi connectivity index (χ1) is 8.69. The Morgan fingerprint density at radius 2 is 2.06 bits per heavy atom. The van der Waals surface area contributed by atoms with Gasteiger partial charge in [0.15, 0.2) is 11.6 Å². The molecule has 0 aliphatic carbocycles. The molecular formula is C13H10BrN3O. The van der Waals surface area contributed by atoms with Gasteiger partial charge in [0.1, 0.15) is 6.61 Å². The number of rotatable bonds is 3. The monoisotopic (exact) mass is 303 g/mol. The second kappa shape index (κ2) is 5.52. The molecule has 0 radical (unpaired) electrons. The molecule has 0 atom stereocenters. The van der Waals surface area contributed by atoms with Crippen LogP contribution in [0.3, 0.4) is 0 Å². The maximum Gasteiger partial charge on any atom is 0.166 e. The number of hydrogen-bond acceptors (Lipinski definition) is 4. The molecule has 2 rings (SSSR count). The molecule has 90 valence electrons. The molecule has 1 aromatic heterocycles. The Hall–Kier alpha value is -2.06. The molecule has 0 amide bonds. The van der Waals surface area contributed by atoms with Crippen molar-refractivity contribution in [2.75, 3.05) is 5.73 Å². The van der Waals surface area contributed by atoms with Crippen molar-refractivity contribution in [1.82, 2.24) is 4.98 Å². The highest BCUT2D eigenvalue weighted by Crippen LogP contribution is 2.23. The van der Waals surface area contributed by atoms with Crippen LogP contribution in [0.5, 0.6) is 5.75 Å². The fourth-order valence-electron chi connectivity index (χ4n) is 1.38. The lowest BCUT2D eigenvalue weighted by Crippen LogP contribution is -2.00. The number of nitrogens with two attached hydrogens (primary N) is 1. The van der Waals surface area contributed by atoms with Crippen molar-refractivity contribution in [3.8, 4) is 11.8 Å². The number of ether oxygens (including phenoxy) is 1. The first-order valence-corrected chi connectivity index (χ1v) is 6.01. The number of hydrogen-bond donors (Lipinski definition) is 1. The zero-order valence-corrected chi connectivity index (χ0v) is 11.0. The van der Waals surface area contributed by atoms with Crippen molar-refractivity contribution in [3.63, 3.8) is 0 Å². The quantitative estimate of drug-likeness (QED) is 0.946. The van der Waals surface area contributed by atoms with Gasteiger partial charge in [0.2, 0.25) is 0 Å². The smallest absolute Gasteiger partial charge is 0.166 e. The van der Waals surface area contributed by atoms with Crippen LogP contribution in [0.15, 0.2) is 41.0 Å². The Morgan fingerprint density at radius 1 is 1.33 bits per heavy atom. The molecule has 1 aromatic carbocycles. The van der Waals surface area contributed by atoms with E-state index in [-0.39, 0.29) is 0 Å². The minimum Gasteiger partial charge on any atom is -0.485 e. The zero-order valence-electron chi connectivity index (χ0n) is 9.43. The van der Waals surface area contributed by atoms with Crippen LogP contribution in [0.2, 0.25) is 0 Å². The van der Waals surface area contributed by atoms with Gasteiger partial charge in [-0.15, -0.1) is 0 Å². The maximum atomic E-state index is 8.69. The van der Waals surface area contributed by atoms with E-state index < -0.39 is 0 Å². The van der Waals surface area contributed by atoms with Crippen molar-refractivity contribution in [2.45, 2.75) is 6.61 Å². The average Bonchev–Trinajstić information content (AvgIpc) is 2.40.